The first kappa shape index (κ1) is 11.5. The molecule has 15 heavy (non-hydrogen) atoms. The molecule has 2 rings (SSSR count). The fraction of sp³-hybridized carbons (Fsp3) is 0.100. The van der Waals surface area contributed by atoms with Crippen LogP contribution >= 0.6 is 50.6 Å². The first-order chi connectivity index (χ1) is 7.27. The highest BCUT2D eigenvalue weighted by Crippen LogP contribution is 2.32. The highest BCUT2D eigenvalue weighted by atomic mass is 79.9. The summed E-state index contributed by atoms with van der Waals surface area (Å²) >= 11 is 12.9. The smallest absolute Gasteiger partial charge is 0.115 e. The first-order valence-electron chi connectivity index (χ1n) is 4.22. The topological polar surface area (TPSA) is 12.9 Å². The lowest BCUT2D eigenvalue weighted by molar-refractivity contribution is 1.13. The van der Waals surface area contributed by atoms with Crippen LogP contribution in [-0.4, -0.2) is 4.98 Å². The van der Waals surface area contributed by atoms with Gasteiger partial charge in [0, 0.05) is 21.3 Å². The van der Waals surface area contributed by atoms with Crippen LogP contribution in [0.15, 0.2) is 39.3 Å². The molecular formula is C10H7BrClNS2. The summed E-state index contributed by atoms with van der Waals surface area (Å²) in [6.07, 6.45) is 1.76. The number of thiophene rings is 1. The summed E-state index contributed by atoms with van der Waals surface area (Å²) in [5.74, 6) is 0.898. The van der Waals surface area contributed by atoms with Gasteiger partial charge in [0.1, 0.15) is 5.03 Å². The van der Waals surface area contributed by atoms with E-state index >= 15 is 0 Å². The quantitative estimate of drug-likeness (QED) is 0.750. The molecule has 0 saturated carbocycles. The number of pyridine rings is 1. The highest BCUT2D eigenvalue weighted by Gasteiger charge is 2.05. The van der Waals surface area contributed by atoms with Crippen LogP contribution in [0, 0.1) is 0 Å². The van der Waals surface area contributed by atoms with E-state index in [0.717, 1.165) is 20.3 Å². The SMILES string of the molecule is Clc1cccnc1SCc1sccc1Br. The summed E-state index contributed by atoms with van der Waals surface area (Å²) in [6.45, 7) is 0. The first-order valence-corrected chi connectivity index (χ1v) is 7.26. The van der Waals surface area contributed by atoms with Crippen molar-refractivity contribution in [2.75, 3.05) is 0 Å². The van der Waals surface area contributed by atoms with E-state index in [1.54, 1.807) is 29.3 Å². The van der Waals surface area contributed by atoms with Crippen molar-refractivity contribution in [1.82, 2.24) is 4.98 Å². The van der Waals surface area contributed by atoms with E-state index < -0.39 is 0 Å². The minimum absolute atomic E-state index is 0.718. The van der Waals surface area contributed by atoms with Gasteiger partial charge in [-0.1, -0.05) is 23.4 Å². The second-order valence-electron chi connectivity index (χ2n) is 2.77. The van der Waals surface area contributed by atoms with E-state index in [1.807, 2.05) is 12.1 Å². The van der Waals surface area contributed by atoms with Gasteiger partial charge in [-0.2, -0.15) is 0 Å². The van der Waals surface area contributed by atoms with E-state index in [1.165, 1.54) is 4.88 Å². The van der Waals surface area contributed by atoms with Gasteiger partial charge in [0.15, 0.2) is 0 Å². The summed E-state index contributed by atoms with van der Waals surface area (Å²) in [6, 6.07) is 5.76. The van der Waals surface area contributed by atoms with Crippen molar-refractivity contribution in [2.45, 2.75) is 10.8 Å². The lowest BCUT2D eigenvalue weighted by Crippen LogP contribution is -1.81. The summed E-state index contributed by atoms with van der Waals surface area (Å²) in [5, 5.41) is 3.68. The Bertz CT molecular complexity index is 458. The van der Waals surface area contributed by atoms with Crippen LogP contribution in [0.3, 0.4) is 0 Å². The number of halogens is 2. The molecule has 2 heterocycles. The summed E-state index contributed by atoms with van der Waals surface area (Å²) in [5.41, 5.74) is 0. The molecule has 0 atom stereocenters. The lowest BCUT2D eigenvalue weighted by Gasteiger charge is -2.01. The maximum atomic E-state index is 6.01. The number of aromatic nitrogens is 1. The predicted molar refractivity (Wildman–Crippen MR) is 70.8 cm³/mol. The van der Waals surface area contributed by atoms with Crippen LogP contribution < -0.4 is 0 Å². The molecule has 5 heteroatoms. The maximum absolute atomic E-state index is 6.01. The average Bonchev–Trinajstić information content (AvgIpc) is 2.63. The molecule has 2 aromatic rings. The molecule has 0 aromatic carbocycles. The molecule has 0 unspecified atom stereocenters. The average molecular weight is 321 g/mol. The van der Waals surface area contributed by atoms with Crippen molar-refractivity contribution < 1.29 is 0 Å². The minimum atomic E-state index is 0.718. The number of rotatable bonds is 3. The molecule has 0 aliphatic carbocycles. The molecule has 1 nitrogen and oxygen atoms in total. The van der Waals surface area contributed by atoms with Crippen molar-refractivity contribution in [3.8, 4) is 0 Å². The van der Waals surface area contributed by atoms with Gasteiger partial charge in [0.25, 0.3) is 0 Å². The minimum Gasteiger partial charge on any atom is -0.248 e. The zero-order chi connectivity index (χ0) is 10.7. The van der Waals surface area contributed by atoms with Crippen molar-refractivity contribution >= 4 is 50.6 Å². The molecule has 0 aliphatic rings. The van der Waals surface area contributed by atoms with E-state index in [0.29, 0.717) is 0 Å². The number of thioether (sulfide) groups is 1. The third kappa shape index (κ3) is 2.97. The molecule has 0 fully saturated rings. The van der Waals surface area contributed by atoms with Gasteiger partial charge in [-0.15, -0.1) is 11.3 Å². The standard InChI is InChI=1S/C10H7BrClNS2/c11-7-3-5-14-9(7)6-15-10-8(12)2-1-4-13-10/h1-5H,6H2. The van der Waals surface area contributed by atoms with E-state index in [-0.39, 0.29) is 0 Å². The van der Waals surface area contributed by atoms with E-state index in [9.17, 15) is 0 Å². The molecule has 78 valence electrons. The third-order valence-electron chi connectivity index (χ3n) is 1.76. The fourth-order valence-corrected chi connectivity index (χ4v) is 4.00. The monoisotopic (exact) mass is 319 g/mol. The van der Waals surface area contributed by atoms with Gasteiger partial charge in [0.2, 0.25) is 0 Å². The molecule has 0 amide bonds. The van der Waals surface area contributed by atoms with Crippen molar-refractivity contribution in [3.05, 3.63) is 44.1 Å². The Morgan fingerprint density at radius 1 is 1.47 bits per heavy atom. The van der Waals surface area contributed by atoms with Gasteiger partial charge in [-0.3, -0.25) is 0 Å². The molecule has 0 N–H and O–H groups in total. The highest BCUT2D eigenvalue weighted by molar-refractivity contribution is 9.10. The summed E-state index contributed by atoms with van der Waals surface area (Å²) in [4.78, 5) is 5.53. The molecule has 0 bridgehead atoms. The van der Waals surface area contributed by atoms with Crippen molar-refractivity contribution in [3.63, 3.8) is 0 Å². The Hall–Kier alpha value is -0.0300. The Balaban J connectivity index is 2.06. The number of hydrogen-bond acceptors (Lipinski definition) is 3. The zero-order valence-electron chi connectivity index (χ0n) is 7.61. The summed E-state index contributed by atoms with van der Waals surface area (Å²) < 4.78 is 1.16. The van der Waals surface area contributed by atoms with Crippen LogP contribution in [0.2, 0.25) is 5.02 Å². The Morgan fingerprint density at radius 2 is 2.33 bits per heavy atom. The van der Waals surface area contributed by atoms with Crippen LogP contribution in [0.4, 0.5) is 0 Å². The van der Waals surface area contributed by atoms with Gasteiger partial charge in [-0.05, 0) is 39.5 Å². The van der Waals surface area contributed by atoms with Crippen LogP contribution in [0.25, 0.3) is 0 Å². The van der Waals surface area contributed by atoms with Crippen molar-refractivity contribution in [2.24, 2.45) is 0 Å². The largest absolute Gasteiger partial charge is 0.248 e. The Morgan fingerprint density at radius 3 is 3.00 bits per heavy atom. The van der Waals surface area contributed by atoms with Crippen LogP contribution in [-0.2, 0) is 5.75 Å². The Kier molecular flexibility index (Phi) is 4.08. The normalized spacial score (nSPS) is 10.5. The molecule has 2 aromatic heterocycles. The third-order valence-corrected chi connectivity index (χ3v) is 5.31. The molecular weight excluding hydrogens is 314 g/mol. The van der Waals surface area contributed by atoms with Gasteiger partial charge in [-0.25, -0.2) is 4.98 Å². The van der Waals surface area contributed by atoms with Gasteiger partial charge in [0.05, 0.1) is 5.02 Å². The molecule has 0 aliphatic heterocycles. The number of hydrogen-bond donors (Lipinski definition) is 0. The maximum Gasteiger partial charge on any atom is 0.115 e. The second kappa shape index (κ2) is 5.34. The van der Waals surface area contributed by atoms with Gasteiger partial charge < -0.3 is 0 Å². The van der Waals surface area contributed by atoms with Crippen molar-refractivity contribution in [1.29, 1.82) is 0 Å². The van der Waals surface area contributed by atoms with E-state index in [2.05, 4.69) is 32.4 Å². The second-order valence-corrected chi connectivity index (χ2v) is 6.00. The molecule has 0 saturated heterocycles. The van der Waals surface area contributed by atoms with Crippen LogP contribution in [0.1, 0.15) is 4.88 Å². The zero-order valence-corrected chi connectivity index (χ0v) is 11.6. The summed E-state index contributed by atoms with van der Waals surface area (Å²) in [7, 11) is 0. The van der Waals surface area contributed by atoms with E-state index in [4.69, 9.17) is 11.6 Å². The molecule has 0 radical (unpaired) electrons. The van der Waals surface area contributed by atoms with Crippen LogP contribution in [0.5, 0.6) is 0 Å². The number of nitrogens with zero attached hydrogens (tertiary/aromatic N) is 1. The molecule has 0 spiro atoms. The lowest BCUT2D eigenvalue weighted by atomic mass is 10.5. The van der Waals surface area contributed by atoms with Gasteiger partial charge >= 0.3 is 0 Å². The Labute approximate surface area is 110 Å². The fourth-order valence-electron chi connectivity index (χ4n) is 1.04. The predicted octanol–water partition coefficient (Wildman–Crippen LogP) is 4.85.